The van der Waals surface area contributed by atoms with Crippen LogP contribution in [0.2, 0.25) is 0 Å². The summed E-state index contributed by atoms with van der Waals surface area (Å²) in [5.41, 5.74) is 0. The molecule has 2 rings (SSSR count). The van der Waals surface area contributed by atoms with Crippen LogP contribution in [0.5, 0.6) is 0 Å². The highest BCUT2D eigenvalue weighted by molar-refractivity contribution is 14.0. The van der Waals surface area contributed by atoms with E-state index in [4.69, 9.17) is 4.74 Å². The molecule has 1 unspecified atom stereocenters. The van der Waals surface area contributed by atoms with E-state index in [1.54, 1.807) is 0 Å². The van der Waals surface area contributed by atoms with Crippen LogP contribution in [0.1, 0.15) is 42.9 Å². The van der Waals surface area contributed by atoms with E-state index in [1.807, 2.05) is 11.3 Å². The largest absolute Gasteiger partial charge is 0.381 e. The first-order chi connectivity index (χ1) is 11.2. The molecular weight excluding hydrogens is 433 g/mol. The number of halogens is 1. The van der Waals surface area contributed by atoms with Gasteiger partial charge < -0.3 is 15.4 Å². The second-order valence-corrected chi connectivity index (χ2v) is 7.77. The Bertz CT molecular complexity index is 488. The van der Waals surface area contributed by atoms with E-state index in [0.29, 0.717) is 6.04 Å². The van der Waals surface area contributed by atoms with Crippen LogP contribution in [0.25, 0.3) is 0 Å². The van der Waals surface area contributed by atoms with E-state index in [2.05, 4.69) is 48.5 Å². The van der Waals surface area contributed by atoms with Crippen LogP contribution in [0.3, 0.4) is 0 Å². The number of thiophene rings is 1. The van der Waals surface area contributed by atoms with Crippen molar-refractivity contribution in [2.45, 2.75) is 52.5 Å². The Morgan fingerprint density at radius 2 is 2.21 bits per heavy atom. The summed E-state index contributed by atoms with van der Waals surface area (Å²) in [4.78, 5) is 7.45. The summed E-state index contributed by atoms with van der Waals surface area (Å²) in [5.74, 6) is 1.76. The fraction of sp³-hybridized carbons (Fsp3) is 0.722. The van der Waals surface area contributed by atoms with Gasteiger partial charge in [0.1, 0.15) is 0 Å². The quantitative estimate of drug-likeness (QED) is 0.238. The Balaban J connectivity index is 0.00000288. The lowest BCUT2D eigenvalue weighted by molar-refractivity contribution is 0.123. The summed E-state index contributed by atoms with van der Waals surface area (Å²) in [6.07, 6.45) is 4.73. The molecule has 138 valence electrons. The Hall–Kier alpha value is -0.340. The van der Waals surface area contributed by atoms with Gasteiger partial charge in [0.2, 0.25) is 0 Å². The molecule has 0 aliphatic heterocycles. The number of nitrogens with one attached hydrogen (secondary N) is 2. The van der Waals surface area contributed by atoms with Gasteiger partial charge in [-0.1, -0.05) is 0 Å². The van der Waals surface area contributed by atoms with Gasteiger partial charge in [0.05, 0.1) is 0 Å². The third-order valence-corrected chi connectivity index (χ3v) is 4.82. The van der Waals surface area contributed by atoms with Gasteiger partial charge in [-0.3, -0.25) is 4.99 Å². The van der Waals surface area contributed by atoms with Crippen LogP contribution in [0.4, 0.5) is 0 Å². The van der Waals surface area contributed by atoms with Crippen LogP contribution in [-0.4, -0.2) is 38.3 Å². The average Bonchev–Trinajstić information content (AvgIpc) is 3.24. The maximum absolute atomic E-state index is 5.65. The molecule has 6 heteroatoms. The van der Waals surface area contributed by atoms with Gasteiger partial charge in [0.25, 0.3) is 0 Å². The monoisotopic (exact) mass is 465 g/mol. The molecule has 2 N–H and O–H groups in total. The number of hydrogen-bond donors (Lipinski definition) is 2. The van der Waals surface area contributed by atoms with Crippen molar-refractivity contribution < 1.29 is 4.74 Å². The molecule has 1 fully saturated rings. The van der Waals surface area contributed by atoms with E-state index >= 15 is 0 Å². The second-order valence-electron chi connectivity index (χ2n) is 6.39. The maximum Gasteiger partial charge on any atom is 0.191 e. The van der Waals surface area contributed by atoms with Crippen molar-refractivity contribution in [3.63, 3.8) is 0 Å². The van der Waals surface area contributed by atoms with Crippen molar-refractivity contribution in [1.82, 2.24) is 10.6 Å². The molecule has 0 amide bonds. The molecule has 1 aliphatic carbocycles. The number of aliphatic imine (C=N–C) groups is 1. The normalized spacial score (nSPS) is 15.7. The van der Waals surface area contributed by atoms with Crippen LogP contribution < -0.4 is 10.6 Å². The molecule has 0 spiro atoms. The third-order valence-electron chi connectivity index (χ3n) is 3.80. The first-order valence-electron chi connectivity index (χ1n) is 8.85. The molecule has 1 aromatic heterocycles. The predicted molar refractivity (Wildman–Crippen MR) is 115 cm³/mol. The fourth-order valence-electron chi connectivity index (χ4n) is 2.39. The Kier molecular flexibility index (Phi) is 10.9. The number of ether oxygens (including phenoxy) is 1. The molecule has 1 atom stereocenters. The lowest BCUT2D eigenvalue weighted by Gasteiger charge is -2.17. The minimum absolute atomic E-state index is 0. The van der Waals surface area contributed by atoms with Crippen LogP contribution in [0.15, 0.2) is 17.1 Å². The zero-order valence-electron chi connectivity index (χ0n) is 15.1. The third kappa shape index (κ3) is 9.22. The van der Waals surface area contributed by atoms with Gasteiger partial charge in [0.15, 0.2) is 5.96 Å². The summed E-state index contributed by atoms with van der Waals surface area (Å²) in [7, 11) is 0. The first-order valence-corrected chi connectivity index (χ1v) is 9.67. The molecule has 1 heterocycles. The molecule has 1 aliphatic rings. The average molecular weight is 465 g/mol. The Labute approximate surface area is 167 Å². The van der Waals surface area contributed by atoms with Crippen molar-refractivity contribution in [3.05, 3.63) is 21.9 Å². The zero-order chi connectivity index (χ0) is 16.5. The van der Waals surface area contributed by atoms with Gasteiger partial charge >= 0.3 is 0 Å². The summed E-state index contributed by atoms with van der Waals surface area (Å²) < 4.78 is 5.65. The van der Waals surface area contributed by atoms with Crippen LogP contribution in [-0.2, 0) is 11.2 Å². The lowest BCUT2D eigenvalue weighted by Crippen LogP contribution is -2.43. The molecule has 24 heavy (non-hydrogen) atoms. The number of hydrogen-bond acceptors (Lipinski definition) is 3. The number of guanidine groups is 1. The van der Waals surface area contributed by atoms with Gasteiger partial charge in [-0.15, -0.1) is 35.3 Å². The fourth-order valence-corrected chi connectivity index (χ4v) is 3.41. The maximum atomic E-state index is 5.65. The summed E-state index contributed by atoms with van der Waals surface area (Å²) in [6, 6.07) is 4.78. The predicted octanol–water partition coefficient (Wildman–Crippen LogP) is 3.98. The molecule has 0 radical (unpaired) electrons. The second kappa shape index (κ2) is 12.1. The number of aryl methyl sites for hydroxylation is 1. The van der Waals surface area contributed by atoms with E-state index in [-0.39, 0.29) is 24.0 Å². The topological polar surface area (TPSA) is 45.7 Å². The van der Waals surface area contributed by atoms with Crippen LogP contribution >= 0.6 is 35.3 Å². The molecular formula is C18H32IN3OS. The van der Waals surface area contributed by atoms with Crippen molar-refractivity contribution >= 4 is 41.3 Å². The summed E-state index contributed by atoms with van der Waals surface area (Å²) >= 11 is 1.87. The van der Waals surface area contributed by atoms with E-state index in [1.165, 1.54) is 22.6 Å². The number of rotatable bonds is 10. The smallest absolute Gasteiger partial charge is 0.191 e. The highest BCUT2D eigenvalue weighted by Gasteiger charge is 2.20. The van der Waals surface area contributed by atoms with Gasteiger partial charge in [-0.2, -0.15) is 0 Å². The van der Waals surface area contributed by atoms with Crippen molar-refractivity contribution in [1.29, 1.82) is 0 Å². The zero-order valence-corrected chi connectivity index (χ0v) is 18.3. The van der Waals surface area contributed by atoms with Crippen molar-refractivity contribution in [2.24, 2.45) is 10.9 Å². The highest BCUT2D eigenvalue weighted by Crippen LogP contribution is 2.28. The summed E-state index contributed by atoms with van der Waals surface area (Å²) in [5, 5.41) is 6.82. The number of nitrogens with zero attached hydrogens (tertiary/aromatic N) is 1. The molecule has 1 saturated carbocycles. The van der Waals surface area contributed by atoms with Gasteiger partial charge in [-0.05, 0) is 58.1 Å². The Morgan fingerprint density at radius 3 is 2.83 bits per heavy atom. The van der Waals surface area contributed by atoms with Crippen LogP contribution in [0, 0.1) is 12.8 Å². The summed E-state index contributed by atoms with van der Waals surface area (Å²) in [6.45, 7) is 9.93. The molecule has 0 saturated heterocycles. The Morgan fingerprint density at radius 1 is 1.42 bits per heavy atom. The van der Waals surface area contributed by atoms with E-state index < -0.39 is 0 Å². The first kappa shape index (κ1) is 21.7. The molecule has 0 aromatic carbocycles. The standard InChI is InChI=1S/C18H31N3OS.HI/c1-4-19-18(20-10-5-11-22-13-16-7-8-16)21-14(2)12-17-9-6-15(3)23-17;/h6,9,14,16H,4-5,7-8,10-13H2,1-3H3,(H2,19,20,21);1H. The SMILES string of the molecule is CCNC(=NCCCOCC1CC1)NC(C)Cc1ccc(C)s1.I. The van der Waals surface area contributed by atoms with Gasteiger partial charge in [0, 0.05) is 48.5 Å². The van der Waals surface area contributed by atoms with Gasteiger partial charge in [-0.25, -0.2) is 0 Å². The highest BCUT2D eigenvalue weighted by atomic mass is 127. The van der Waals surface area contributed by atoms with Crippen molar-refractivity contribution in [3.8, 4) is 0 Å². The van der Waals surface area contributed by atoms with E-state index in [0.717, 1.165) is 51.0 Å². The minimum Gasteiger partial charge on any atom is -0.381 e. The molecule has 1 aromatic rings. The van der Waals surface area contributed by atoms with Crippen molar-refractivity contribution in [2.75, 3.05) is 26.3 Å². The molecule has 0 bridgehead atoms. The minimum atomic E-state index is 0. The molecule has 4 nitrogen and oxygen atoms in total. The lowest BCUT2D eigenvalue weighted by atomic mass is 10.2. The van der Waals surface area contributed by atoms with E-state index in [9.17, 15) is 0 Å².